The molecule has 3 heteroatoms. The zero-order valence-corrected chi connectivity index (χ0v) is 10.1. The predicted molar refractivity (Wildman–Crippen MR) is 65.5 cm³/mol. The Balaban J connectivity index is 2.68. The van der Waals surface area contributed by atoms with Crippen LogP contribution in [-0.4, -0.2) is 11.9 Å². The van der Waals surface area contributed by atoms with E-state index in [-0.39, 0.29) is 11.9 Å². The summed E-state index contributed by atoms with van der Waals surface area (Å²) in [6.45, 7) is 4.15. The van der Waals surface area contributed by atoms with Gasteiger partial charge in [-0.25, -0.2) is 0 Å². The molecular weight excluding hydrogens is 206 g/mol. The van der Waals surface area contributed by atoms with E-state index in [0.29, 0.717) is 5.56 Å². The summed E-state index contributed by atoms with van der Waals surface area (Å²) in [4.78, 5) is 12.6. The van der Waals surface area contributed by atoms with Gasteiger partial charge in [-0.2, -0.15) is 0 Å². The van der Waals surface area contributed by atoms with Crippen LogP contribution in [0.5, 0.6) is 0 Å². The van der Waals surface area contributed by atoms with Gasteiger partial charge in [0.1, 0.15) is 0 Å². The van der Waals surface area contributed by atoms with Crippen LogP contribution < -0.4 is 5.32 Å². The Bertz CT molecular complexity index is 334. The van der Waals surface area contributed by atoms with Gasteiger partial charge in [-0.1, -0.05) is 19.9 Å². The van der Waals surface area contributed by atoms with Crippen LogP contribution in [0.15, 0.2) is 29.2 Å². The molecule has 1 rings (SSSR count). The number of hydrogen-bond acceptors (Lipinski definition) is 2. The van der Waals surface area contributed by atoms with Crippen molar-refractivity contribution in [3.05, 3.63) is 29.8 Å². The standard InChI is InChI=1S/C12H17NOS/c1-3-10(4-2)13-12(14)9-6-5-7-11(15)8-9/h5-8,10,15H,3-4H2,1-2H3,(H,13,14). The third-order valence-corrected chi connectivity index (χ3v) is 2.71. The van der Waals surface area contributed by atoms with Gasteiger partial charge in [0.15, 0.2) is 0 Å². The first-order chi connectivity index (χ1) is 7.17. The first kappa shape index (κ1) is 12.1. The van der Waals surface area contributed by atoms with E-state index >= 15 is 0 Å². The molecule has 0 aliphatic carbocycles. The average molecular weight is 223 g/mol. The van der Waals surface area contributed by atoms with Gasteiger partial charge in [0.25, 0.3) is 5.91 Å². The van der Waals surface area contributed by atoms with Crippen LogP contribution in [0.3, 0.4) is 0 Å². The lowest BCUT2D eigenvalue weighted by Gasteiger charge is -2.14. The molecule has 1 aromatic rings. The predicted octanol–water partition coefficient (Wildman–Crippen LogP) is 2.89. The fraction of sp³-hybridized carbons (Fsp3) is 0.417. The Morgan fingerprint density at radius 2 is 2.07 bits per heavy atom. The minimum atomic E-state index is -0.0143. The molecule has 0 unspecified atom stereocenters. The molecule has 0 aromatic heterocycles. The molecule has 0 saturated heterocycles. The van der Waals surface area contributed by atoms with Crippen LogP contribution >= 0.6 is 12.6 Å². The Kier molecular flexibility index (Phi) is 4.69. The Hall–Kier alpha value is -0.960. The van der Waals surface area contributed by atoms with Gasteiger partial charge in [-0.15, -0.1) is 12.6 Å². The molecule has 1 amide bonds. The summed E-state index contributed by atoms with van der Waals surface area (Å²) < 4.78 is 0. The van der Waals surface area contributed by atoms with Crippen molar-refractivity contribution in [3.8, 4) is 0 Å². The van der Waals surface area contributed by atoms with Gasteiger partial charge < -0.3 is 5.32 Å². The van der Waals surface area contributed by atoms with E-state index in [9.17, 15) is 4.79 Å². The summed E-state index contributed by atoms with van der Waals surface area (Å²) in [5.41, 5.74) is 0.675. The van der Waals surface area contributed by atoms with E-state index in [4.69, 9.17) is 0 Å². The summed E-state index contributed by atoms with van der Waals surface area (Å²) in [5, 5.41) is 2.99. The monoisotopic (exact) mass is 223 g/mol. The molecule has 1 N–H and O–H groups in total. The Labute approximate surface area is 96.5 Å². The summed E-state index contributed by atoms with van der Waals surface area (Å²) in [6, 6.07) is 7.54. The van der Waals surface area contributed by atoms with Crippen molar-refractivity contribution in [2.45, 2.75) is 37.6 Å². The second-order valence-electron chi connectivity index (χ2n) is 3.54. The largest absolute Gasteiger partial charge is 0.349 e. The van der Waals surface area contributed by atoms with Crippen molar-refractivity contribution in [1.29, 1.82) is 0 Å². The number of nitrogens with one attached hydrogen (secondary N) is 1. The van der Waals surface area contributed by atoms with E-state index in [1.54, 1.807) is 12.1 Å². The number of carbonyl (C=O) groups excluding carboxylic acids is 1. The quantitative estimate of drug-likeness (QED) is 0.755. The van der Waals surface area contributed by atoms with Crippen molar-refractivity contribution in [1.82, 2.24) is 5.32 Å². The molecule has 0 aliphatic rings. The Morgan fingerprint density at radius 1 is 1.40 bits per heavy atom. The maximum Gasteiger partial charge on any atom is 0.251 e. The summed E-state index contributed by atoms with van der Waals surface area (Å²) in [5.74, 6) is -0.0143. The SMILES string of the molecule is CCC(CC)NC(=O)c1cccc(S)c1. The maximum atomic E-state index is 11.8. The van der Waals surface area contributed by atoms with Crippen molar-refractivity contribution in [3.63, 3.8) is 0 Å². The van der Waals surface area contributed by atoms with Crippen molar-refractivity contribution in [2.75, 3.05) is 0 Å². The maximum absolute atomic E-state index is 11.8. The third kappa shape index (κ3) is 3.59. The molecule has 0 aliphatic heterocycles. The van der Waals surface area contributed by atoms with E-state index in [0.717, 1.165) is 17.7 Å². The van der Waals surface area contributed by atoms with Crippen LogP contribution in [0.1, 0.15) is 37.0 Å². The highest BCUT2D eigenvalue weighted by molar-refractivity contribution is 7.80. The van der Waals surface area contributed by atoms with Crippen LogP contribution in [-0.2, 0) is 0 Å². The smallest absolute Gasteiger partial charge is 0.251 e. The van der Waals surface area contributed by atoms with Crippen LogP contribution in [0.2, 0.25) is 0 Å². The average Bonchev–Trinajstić information content (AvgIpc) is 2.25. The van der Waals surface area contributed by atoms with Crippen molar-refractivity contribution in [2.24, 2.45) is 0 Å². The molecule has 0 radical (unpaired) electrons. The van der Waals surface area contributed by atoms with Gasteiger partial charge in [0, 0.05) is 16.5 Å². The van der Waals surface area contributed by atoms with E-state index in [2.05, 4.69) is 31.8 Å². The fourth-order valence-electron chi connectivity index (χ4n) is 1.41. The second-order valence-corrected chi connectivity index (χ2v) is 4.05. The lowest BCUT2D eigenvalue weighted by Crippen LogP contribution is -2.33. The van der Waals surface area contributed by atoms with Gasteiger partial charge in [0.05, 0.1) is 0 Å². The molecule has 0 atom stereocenters. The van der Waals surface area contributed by atoms with E-state index in [1.807, 2.05) is 12.1 Å². The third-order valence-electron chi connectivity index (χ3n) is 2.43. The topological polar surface area (TPSA) is 29.1 Å². The Morgan fingerprint density at radius 3 is 2.60 bits per heavy atom. The zero-order valence-electron chi connectivity index (χ0n) is 9.16. The number of rotatable bonds is 4. The number of benzene rings is 1. The van der Waals surface area contributed by atoms with Gasteiger partial charge >= 0.3 is 0 Å². The van der Waals surface area contributed by atoms with Crippen LogP contribution in [0.4, 0.5) is 0 Å². The zero-order chi connectivity index (χ0) is 11.3. The normalized spacial score (nSPS) is 10.4. The van der Waals surface area contributed by atoms with Crippen molar-refractivity contribution < 1.29 is 4.79 Å². The summed E-state index contributed by atoms with van der Waals surface area (Å²) in [7, 11) is 0. The van der Waals surface area contributed by atoms with E-state index in [1.165, 1.54) is 0 Å². The molecule has 0 spiro atoms. The number of amides is 1. The minimum absolute atomic E-state index is 0.0143. The molecule has 82 valence electrons. The van der Waals surface area contributed by atoms with Gasteiger partial charge in [0.2, 0.25) is 0 Å². The molecule has 15 heavy (non-hydrogen) atoms. The first-order valence-corrected chi connectivity index (χ1v) is 5.72. The summed E-state index contributed by atoms with van der Waals surface area (Å²) in [6.07, 6.45) is 1.92. The first-order valence-electron chi connectivity index (χ1n) is 5.27. The van der Waals surface area contributed by atoms with Gasteiger partial charge in [-0.3, -0.25) is 4.79 Å². The highest BCUT2D eigenvalue weighted by atomic mass is 32.1. The highest BCUT2D eigenvalue weighted by Gasteiger charge is 2.09. The van der Waals surface area contributed by atoms with Gasteiger partial charge in [-0.05, 0) is 31.0 Å². The molecule has 0 heterocycles. The lowest BCUT2D eigenvalue weighted by molar-refractivity contribution is 0.0934. The molecular formula is C12H17NOS. The molecule has 2 nitrogen and oxygen atoms in total. The molecule has 1 aromatic carbocycles. The molecule has 0 fully saturated rings. The minimum Gasteiger partial charge on any atom is -0.349 e. The number of carbonyl (C=O) groups is 1. The second kappa shape index (κ2) is 5.81. The molecule has 0 saturated carbocycles. The fourth-order valence-corrected chi connectivity index (χ4v) is 1.63. The van der Waals surface area contributed by atoms with Crippen LogP contribution in [0.25, 0.3) is 0 Å². The van der Waals surface area contributed by atoms with Crippen molar-refractivity contribution >= 4 is 18.5 Å². The molecule has 0 bridgehead atoms. The number of thiol groups is 1. The van der Waals surface area contributed by atoms with E-state index < -0.39 is 0 Å². The highest BCUT2D eigenvalue weighted by Crippen LogP contribution is 2.09. The number of hydrogen-bond donors (Lipinski definition) is 2. The lowest BCUT2D eigenvalue weighted by atomic mass is 10.1. The van der Waals surface area contributed by atoms with Crippen LogP contribution in [0, 0.1) is 0 Å². The summed E-state index contributed by atoms with van der Waals surface area (Å²) >= 11 is 4.21.